The van der Waals surface area contributed by atoms with Gasteiger partial charge in [0.25, 0.3) is 5.91 Å². The van der Waals surface area contributed by atoms with Crippen LogP contribution in [0, 0.1) is 11.6 Å². The molecule has 1 aliphatic rings. The smallest absolute Gasteiger partial charge is 0.254 e. The summed E-state index contributed by atoms with van der Waals surface area (Å²) in [6, 6.07) is 2.83. The third-order valence-corrected chi connectivity index (χ3v) is 3.16. The van der Waals surface area contributed by atoms with Crippen LogP contribution in [-0.2, 0) is 0 Å². The number of carbonyl (C=O) groups is 1. The van der Waals surface area contributed by atoms with Crippen LogP contribution >= 0.6 is 0 Å². The van der Waals surface area contributed by atoms with Gasteiger partial charge >= 0.3 is 0 Å². The van der Waals surface area contributed by atoms with E-state index in [2.05, 4.69) is 0 Å². The van der Waals surface area contributed by atoms with Crippen LogP contribution in [0.4, 0.5) is 8.78 Å². The highest BCUT2D eigenvalue weighted by atomic mass is 19.1. The molecule has 18 heavy (non-hydrogen) atoms. The molecule has 0 atom stereocenters. The standard InChI is InChI=1S/C13H16F2N2O/c1-2-3-13(16)7-17(8-13)12(18)9-4-10(14)6-11(15)5-9/h4-6H,2-3,7-8,16H2,1H3. The number of likely N-dealkylation sites (tertiary alicyclic amines) is 1. The van der Waals surface area contributed by atoms with Crippen molar-refractivity contribution in [2.75, 3.05) is 13.1 Å². The number of benzene rings is 1. The van der Waals surface area contributed by atoms with Crippen molar-refractivity contribution in [3.05, 3.63) is 35.4 Å². The fourth-order valence-electron chi connectivity index (χ4n) is 2.37. The third kappa shape index (κ3) is 2.51. The number of nitrogens with two attached hydrogens (primary N) is 1. The van der Waals surface area contributed by atoms with Crippen LogP contribution in [-0.4, -0.2) is 29.4 Å². The van der Waals surface area contributed by atoms with Crippen molar-refractivity contribution in [2.45, 2.75) is 25.3 Å². The summed E-state index contributed by atoms with van der Waals surface area (Å²) in [5, 5.41) is 0. The Bertz CT molecular complexity index is 450. The zero-order valence-corrected chi connectivity index (χ0v) is 10.2. The van der Waals surface area contributed by atoms with Gasteiger partial charge in [-0.05, 0) is 18.6 Å². The monoisotopic (exact) mass is 254 g/mol. The summed E-state index contributed by atoms with van der Waals surface area (Å²) in [6.07, 6.45) is 1.79. The highest BCUT2D eigenvalue weighted by Gasteiger charge is 2.41. The van der Waals surface area contributed by atoms with Gasteiger partial charge in [0.15, 0.2) is 0 Å². The number of rotatable bonds is 3. The number of amides is 1. The predicted molar refractivity (Wildman–Crippen MR) is 64.1 cm³/mol. The van der Waals surface area contributed by atoms with Crippen molar-refractivity contribution in [1.82, 2.24) is 4.90 Å². The molecule has 0 bridgehead atoms. The molecule has 1 amide bonds. The lowest BCUT2D eigenvalue weighted by molar-refractivity contribution is 0.0385. The minimum atomic E-state index is -0.744. The van der Waals surface area contributed by atoms with Crippen LogP contribution in [0.1, 0.15) is 30.1 Å². The van der Waals surface area contributed by atoms with Crippen LogP contribution in [0.5, 0.6) is 0 Å². The molecular weight excluding hydrogens is 238 g/mol. The van der Waals surface area contributed by atoms with E-state index in [1.807, 2.05) is 6.92 Å². The zero-order chi connectivity index (χ0) is 13.3. The number of nitrogens with zero attached hydrogens (tertiary/aromatic N) is 1. The van der Waals surface area contributed by atoms with Gasteiger partial charge in [-0.15, -0.1) is 0 Å². The van der Waals surface area contributed by atoms with Gasteiger partial charge in [-0.1, -0.05) is 13.3 Å². The normalized spacial score (nSPS) is 17.4. The summed E-state index contributed by atoms with van der Waals surface area (Å²) in [4.78, 5) is 13.5. The first-order chi connectivity index (χ1) is 8.43. The topological polar surface area (TPSA) is 46.3 Å². The lowest BCUT2D eigenvalue weighted by Crippen LogP contribution is -2.68. The first-order valence-electron chi connectivity index (χ1n) is 5.98. The lowest BCUT2D eigenvalue weighted by atomic mass is 9.86. The number of halogens is 2. The molecule has 1 saturated heterocycles. The fraction of sp³-hybridized carbons (Fsp3) is 0.462. The molecule has 0 unspecified atom stereocenters. The van der Waals surface area contributed by atoms with Crippen molar-refractivity contribution >= 4 is 5.91 Å². The molecule has 3 nitrogen and oxygen atoms in total. The zero-order valence-electron chi connectivity index (χ0n) is 10.2. The quantitative estimate of drug-likeness (QED) is 0.895. The van der Waals surface area contributed by atoms with Gasteiger partial charge in [-0.3, -0.25) is 4.79 Å². The largest absolute Gasteiger partial charge is 0.335 e. The van der Waals surface area contributed by atoms with Crippen molar-refractivity contribution in [3.63, 3.8) is 0 Å². The minimum absolute atomic E-state index is 0.0334. The van der Waals surface area contributed by atoms with Crippen LogP contribution in [0.15, 0.2) is 18.2 Å². The van der Waals surface area contributed by atoms with Crippen molar-refractivity contribution in [2.24, 2.45) is 5.73 Å². The van der Waals surface area contributed by atoms with Crippen molar-refractivity contribution < 1.29 is 13.6 Å². The molecule has 1 aliphatic heterocycles. The molecule has 98 valence electrons. The Labute approximate surface area is 105 Å². The molecule has 0 radical (unpaired) electrons. The van der Waals surface area contributed by atoms with E-state index in [1.54, 1.807) is 0 Å². The molecule has 5 heteroatoms. The van der Waals surface area contributed by atoms with Gasteiger partial charge in [0.1, 0.15) is 11.6 Å². The summed E-state index contributed by atoms with van der Waals surface area (Å²) >= 11 is 0. The van der Waals surface area contributed by atoms with Crippen molar-refractivity contribution in [3.8, 4) is 0 Å². The number of hydrogen-bond acceptors (Lipinski definition) is 2. The second-order valence-electron chi connectivity index (χ2n) is 4.93. The maximum absolute atomic E-state index is 13.0. The predicted octanol–water partition coefficient (Wildman–Crippen LogP) is 1.92. The van der Waals surface area contributed by atoms with E-state index in [9.17, 15) is 13.6 Å². The van der Waals surface area contributed by atoms with Gasteiger partial charge in [0.2, 0.25) is 0 Å². The Morgan fingerprint density at radius 1 is 1.33 bits per heavy atom. The SMILES string of the molecule is CCCC1(N)CN(C(=O)c2cc(F)cc(F)c2)C1. The molecule has 0 spiro atoms. The second kappa shape index (κ2) is 4.65. The van der Waals surface area contributed by atoms with Gasteiger partial charge in [0, 0.05) is 24.7 Å². The van der Waals surface area contributed by atoms with Crippen LogP contribution in [0.25, 0.3) is 0 Å². The molecule has 2 N–H and O–H groups in total. The Balaban J connectivity index is 2.06. The Morgan fingerprint density at radius 3 is 2.39 bits per heavy atom. The Kier molecular flexibility index (Phi) is 3.34. The molecular formula is C13H16F2N2O. The van der Waals surface area contributed by atoms with E-state index in [-0.39, 0.29) is 17.0 Å². The molecule has 0 aliphatic carbocycles. The van der Waals surface area contributed by atoms with Crippen LogP contribution in [0.3, 0.4) is 0 Å². The summed E-state index contributed by atoms with van der Waals surface area (Å²) in [7, 11) is 0. The number of carbonyl (C=O) groups excluding carboxylic acids is 1. The average Bonchev–Trinajstić information content (AvgIpc) is 2.23. The fourth-order valence-corrected chi connectivity index (χ4v) is 2.37. The van der Waals surface area contributed by atoms with Gasteiger partial charge in [-0.2, -0.15) is 0 Å². The summed E-state index contributed by atoms with van der Waals surface area (Å²) < 4.78 is 26.0. The van der Waals surface area contributed by atoms with Crippen molar-refractivity contribution in [1.29, 1.82) is 0 Å². The van der Waals surface area contributed by atoms with E-state index < -0.39 is 11.6 Å². The van der Waals surface area contributed by atoms with Crippen LogP contribution < -0.4 is 5.73 Å². The molecule has 0 aromatic heterocycles. The summed E-state index contributed by atoms with van der Waals surface area (Å²) in [5.74, 6) is -1.86. The second-order valence-corrected chi connectivity index (χ2v) is 4.93. The van der Waals surface area contributed by atoms with E-state index in [1.165, 1.54) is 4.90 Å². The van der Waals surface area contributed by atoms with E-state index in [0.717, 1.165) is 31.0 Å². The third-order valence-electron chi connectivity index (χ3n) is 3.16. The van der Waals surface area contributed by atoms with Gasteiger partial charge in [0.05, 0.1) is 5.54 Å². The minimum Gasteiger partial charge on any atom is -0.335 e. The molecule has 1 fully saturated rings. The van der Waals surface area contributed by atoms with Gasteiger partial charge < -0.3 is 10.6 Å². The first kappa shape index (κ1) is 13.0. The lowest BCUT2D eigenvalue weighted by Gasteiger charge is -2.47. The van der Waals surface area contributed by atoms with Gasteiger partial charge in [-0.25, -0.2) is 8.78 Å². The molecule has 0 saturated carbocycles. The molecule has 1 aromatic rings. The summed E-state index contributed by atoms with van der Waals surface area (Å²) in [6.45, 7) is 2.91. The summed E-state index contributed by atoms with van der Waals surface area (Å²) in [5.41, 5.74) is 5.73. The Morgan fingerprint density at radius 2 is 1.89 bits per heavy atom. The highest BCUT2D eigenvalue weighted by Crippen LogP contribution is 2.25. The van der Waals surface area contributed by atoms with Crippen LogP contribution in [0.2, 0.25) is 0 Å². The maximum Gasteiger partial charge on any atom is 0.254 e. The maximum atomic E-state index is 13.0. The average molecular weight is 254 g/mol. The van der Waals surface area contributed by atoms with E-state index >= 15 is 0 Å². The Hall–Kier alpha value is -1.49. The first-order valence-corrected chi connectivity index (χ1v) is 5.98. The molecule has 1 aromatic carbocycles. The van der Waals surface area contributed by atoms with E-state index in [0.29, 0.717) is 13.1 Å². The molecule has 2 rings (SSSR count). The number of hydrogen-bond donors (Lipinski definition) is 1. The van der Waals surface area contributed by atoms with E-state index in [4.69, 9.17) is 5.73 Å². The molecule has 1 heterocycles. The highest BCUT2D eigenvalue weighted by molar-refractivity contribution is 5.95.